The third kappa shape index (κ3) is 4.46. The Morgan fingerprint density at radius 3 is 2.87 bits per heavy atom. The second-order valence-corrected chi connectivity index (χ2v) is 3.55. The van der Waals surface area contributed by atoms with Crippen LogP contribution in [0.5, 0.6) is 0 Å². The summed E-state index contributed by atoms with van der Waals surface area (Å²) in [4.78, 5) is 0. The van der Waals surface area contributed by atoms with E-state index in [2.05, 4.69) is 0 Å². The number of furan rings is 1. The number of ether oxygens (including phenoxy) is 2. The molecule has 4 nitrogen and oxygen atoms in total. The first kappa shape index (κ1) is 12.2. The van der Waals surface area contributed by atoms with Crippen LogP contribution in [0.25, 0.3) is 0 Å². The van der Waals surface area contributed by atoms with Gasteiger partial charge in [-0.05, 0) is 19.9 Å². The van der Waals surface area contributed by atoms with Crippen LogP contribution in [0.3, 0.4) is 0 Å². The highest BCUT2D eigenvalue weighted by molar-refractivity contribution is 5.15. The highest BCUT2D eigenvalue weighted by Crippen LogP contribution is 2.10. The molecule has 0 saturated carbocycles. The zero-order chi connectivity index (χ0) is 11.1. The maximum absolute atomic E-state index is 5.52. The third-order valence-electron chi connectivity index (χ3n) is 1.97. The van der Waals surface area contributed by atoms with E-state index < -0.39 is 0 Å². The maximum atomic E-state index is 5.52. The lowest BCUT2D eigenvalue weighted by molar-refractivity contribution is 0.0101. The fourth-order valence-corrected chi connectivity index (χ4v) is 1.18. The van der Waals surface area contributed by atoms with E-state index in [1.165, 1.54) is 0 Å². The van der Waals surface area contributed by atoms with Crippen LogP contribution in [-0.2, 0) is 22.6 Å². The highest BCUT2D eigenvalue weighted by Gasteiger charge is 2.04. The molecule has 0 aromatic carbocycles. The summed E-state index contributed by atoms with van der Waals surface area (Å²) in [7, 11) is 0. The molecule has 0 amide bonds. The minimum Gasteiger partial charge on any atom is -0.467 e. The molecular weight excluding hydrogens is 194 g/mol. The molecule has 0 saturated heterocycles. The first-order chi connectivity index (χ1) is 7.24. The number of hydrogen-bond acceptors (Lipinski definition) is 4. The smallest absolute Gasteiger partial charge is 0.133 e. The summed E-state index contributed by atoms with van der Waals surface area (Å²) < 4.78 is 16.0. The fourth-order valence-electron chi connectivity index (χ4n) is 1.18. The molecule has 1 aromatic heterocycles. The van der Waals surface area contributed by atoms with Gasteiger partial charge < -0.3 is 19.6 Å². The van der Waals surface area contributed by atoms with Crippen LogP contribution in [0.15, 0.2) is 16.7 Å². The minimum absolute atomic E-state index is 0.247. The molecule has 0 radical (unpaired) electrons. The largest absolute Gasteiger partial charge is 0.467 e. The molecule has 2 N–H and O–H groups in total. The van der Waals surface area contributed by atoms with E-state index in [0.29, 0.717) is 26.4 Å². The molecule has 0 aliphatic heterocycles. The monoisotopic (exact) mass is 213 g/mol. The van der Waals surface area contributed by atoms with Crippen molar-refractivity contribution in [3.05, 3.63) is 23.7 Å². The first-order valence-electron chi connectivity index (χ1n) is 5.18. The molecule has 0 bridgehead atoms. The molecule has 4 heteroatoms. The Kier molecular flexibility index (Phi) is 5.39. The van der Waals surface area contributed by atoms with E-state index in [4.69, 9.17) is 19.6 Å². The van der Waals surface area contributed by atoms with Crippen LogP contribution >= 0.6 is 0 Å². The van der Waals surface area contributed by atoms with Crippen LogP contribution in [-0.4, -0.2) is 19.3 Å². The normalized spacial score (nSPS) is 11.2. The lowest BCUT2D eigenvalue weighted by Gasteiger charge is -2.07. The summed E-state index contributed by atoms with van der Waals surface area (Å²) >= 11 is 0. The van der Waals surface area contributed by atoms with Gasteiger partial charge in [0.05, 0.1) is 25.6 Å². The van der Waals surface area contributed by atoms with Crippen molar-refractivity contribution < 1.29 is 13.9 Å². The Balaban J connectivity index is 2.15. The van der Waals surface area contributed by atoms with Gasteiger partial charge in [-0.2, -0.15) is 0 Å². The second-order valence-electron chi connectivity index (χ2n) is 3.55. The predicted molar refractivity (Wildman–Crippen MR) is 57.3 cm³/mol. The minimum atomic E-state index is 0.247. The molecule has 0 atom stereocenters. The van der Waals surface area contributed by atoms with Crippen molar-refractivity contribution in [2.75, 3.05) is 13.2 Å². The third-order valence-corrected chi connectivity index (χ3v) is 1.97. The van der Waals surface area contributed by atoms with Gasteiger partial charge >= 0.3 is 0 Å². The molecule has 0 unspecified atom stereocenters. The van der Waals surface area contributed by atoms with Gasteiger partial charge in [-0.1, -0.05) is 0 Å². The quantitative estimate of drug-likeness (QED) is 0.700. The summed E-state index contributed by atoms with van der Waals surface area (Å²) in [6.45, 7) is 6.12. The molecule has 1 aromatic rings. The average Bonchev–Trinajstić information content (AvgIpc) is 2.64. The Morgan fingerprint density at radius 1 is 1.40 bits per heavy atom. The van der Waals surface area contributed by atoms with Gasteiger partial charge in [0, 0.05) is 12.1 Å². The van der Waals surface area contributed by atoms with Gasteiger partial charge in [0.2, 0.25) is 0 Å². The predicted octanol–water partition coefficient (Wildman–Crippen LogP) is 1.68. The molecule has 0 fully saturated rings. The van der Waals surface area contributed by atoms with Gasteiger partial charge in [-0.15, -0.1) is 0 Å². The number of nitrogens with two attached hydrogens (primary N) is 1. The van der Waals surface area contributed by atoms with Crippen LogP contribution in [0.1, 0.15) is 25.2 Å². The van der Waals surface area contributed by atoms with E-state index in [1.54, 1.807) is 6.26 Å². The van der Waals surface area contributed by atoms with Crippen LogP contribution in [0, 0.1) is 0 Å². The molecular formula is C11H19NO3. The van der Waals surface area contributed by atoms with Crippen LogP contribution in [0.4, 0.5) is 0 Å². The average molecular weight is 213 g/mol. The first-order valence-corrected chi connectivity index (χ1v) is 5.18. The van der Waals surface area contributed by atoms with Crippen LogP contribution in [0.2, 0.25) is 0 Å². The van der Waals surface area contributed by atoms with Crippen molar-refractivity contribution in [2.24, 2.45) is 5.73 Å². The molecule has 0 aliphatic rings. The lowest BCUT2D eigenvalue weighted by Crippen LogP contribution is -2.10. The van der Waals surface area contributed by atoms with Gasteiger partial charge in [0.15, 0.2) is 0 Å². The zero-order valence-corrected chi connectivity index (χ0v) is 9.36. The van der Waals surface area contributed by atoms with Crippen molar-refractivity contribution in [1.29, 1.82) is 0 Å². The SMILES string of the molecule is CC(C)OCCOCc1occc1CN. The van der Waals surface area contributed by atoms with Gasteiger partial charge in [0.1, 0.15) is 12.4 Å². The van der Waals surface area contributed by atoms with Crippen molar-refractivity contribution in [3.63, 3.8) is 0 Å². The zero-order valence-electron chi connectivity index (χ0n) is 9.36. The summed E-state index contributed by atoms with van der Waals surface area (Å²) in [6, 6.07) is 1.86. The van der Waals surface area contributed by atoms with Crippen molar-refractivity contribution in [3.8, 4) is 0 Å². The number of hydrogen-bond donors (Lipinski definition) is 1. The molecule has 1 heterocycles. The number of rotatable bonds is 7. The Hall–Kier alpha value is -0.840. The molecule has 0 spiro atoms. The summed E-state index contributed by atoms with van der Waals surface area (Å²) in [6.07, 6.45) is 1.88. The molecule has 15 heavy (non-hydrogen) atoms. The van der Waals surface area contributed by atoms with E-state index in [-0.39, 0.29) is 6.10 Å². The molecule has 86 valence electrons. The molecule has 1 rings (SSSR count). The second kappa shape index (κ2) is 6.61. The maximum Gasteiger partial charge on any atom is 0.133 e. The van der Waals surface area contributed by atoms with Gasteiger partial charge in [-0.25, -0.2) is 0 Å². The summed E-state index contributed by atoms with van der Waals surface area (Å²) in [5.41, 5.74) is 6.52. The standard InChI is InChI=1S/C11H19NO3/c1-9(2)14-6-5-13-8-11-10(7-12)3-4-15-11/h3-4,9H,5-8,12H2,1-2H3. The summed E-state index contributed by atoms with van der Waals surface area (Å²) in [5.74, 6) is 0.807. The Morgan fingerprint density at radius 2 is 2.20 bits per heavy atom. The Labute approximate surface area is 90.3 Å². The fraction of sp³-hybridized carbons (Fsp3) is 0.636. The highest BCUT2D eigenvalue weighted by atomic mass is 16.5. The van der Waals surface area contributed by atoms with E-state index in [0.717, 1.165) is 11.3 Å². The van der Waals surface area contributed by atoms with Crippen molar-refractivity contribution in [1.82, 2.24) is 0 Å². The van der Waals surface area contributed by atoms with Gasteiger partial charge in [-0.3, -0.25) is 0 Å². The van der Waals surface area contributed by atoms with Gasteiger partial charge in [0.25, 0.3) is 0 Å². The molecule has 0 aliphatic carbocycles. The lowest BCUT2D eigenvalue weighted by atomic mass is 10.2. The van der Waals surface area contributed by atoms with Crippen LogP contribution < -0.4 is 5.73 Å². The topological polar surface area (TPSA) is 57.6 Å². The van der Waals surface area contributed by atoms with E-state index in [1.807, 2.05) is 19.9 Å². The van der Waals surface area contributed by atoms with Crippen molar-refractivity contribution in [2.45, 2.75) is 33.1 Å². The van der Waals surface area contributed by atoms with E-state index in [9.17, 15) is 0 Å². The summed E-state index contributed by atoms with van der Waals surface area (Å²) in [5, 5.41) is 0. The van der Waals surface area contributed by atoms with Crippen molar-refractivity contribution >= 4 is 0 Å². The van der Waals surface area contributed by atoms with E-state index >= 15 is 0 Å². The Bertz CT molecular complexity index is 271.